The van der Waals surface area contributed by atoms with Gasteiger partial charge in [0.15, 0.2) is 17.5 Å². The van der Waals surface area contributed by atoms with Gasteiger partial charge in [0.05, 0.1) is 0 Å². The average Bonchev–Trinajstić information content (AvgIpc) is 2.79. The number of hydrogen-bond donors (Lipinski definition) is 0. The molecule has 2 aromatic carbocycles. The smallest absolute Gasteiger partial charge is 0.399 e. The van der Waals surface area contributed by atoms with Crippen LogP contribution in [0.4, 0.5) is 30.7 Å². The highest BCUT2D eigenvalue weighted by Crippen LogP contribution is 2.30. The summed E-state index contributed by atoms with van der Waals surface area (Å²) >= 11 is 0. The van der Waals surface area contributed by atoms with Crippen LogP contribution >= 0.6 is 0 Å². The molecule has 3 aromatic rings. The zero-order chi connectivity index (χ0) is 24.2. The van der Waals surface area contributed by atoms with E-state index in [1.165, 1.54) is 19.1 Å². The summed E-state index contributed by atoms with van der Waals surface area (Å²) in [6, 6.07) is 11.2. The van der Waals surface area contributed by atoms with E-state index >= 15 is 0 Å². The van der Waals surface area contributed by atoms with Crippen molar-refractivity contribution >= 4 is 5.83 Å². The first-order valence-electron chi connectivity index (χ1n) is 9.91. The number of alkyl halides is 3. The lowest BCUT2D eigenvalue weighted by Crippen LogP contribution is -2.19. The molecule has 0 aliphatic rings. The summed E-state index contributed by atoms with van der Waals surface area (Å²) in [6.45, 7) is 1.51. The number of aromatic nitrogens is 1. The minimum atomic E-state index is -5.20. The highest BCUT2D eigenvalue weighted by Gasteiger charge is 2.34. The van der Waals surface area contributed by atoms with Gasteiger partial charge in [-0.3, -0.25) is 4.98 Å². The molecule has 0 aliphatic heterocycles. The Bertz CT molecular complexity index is 1110. The van der Waals surface area contributed by atoms with E-state index in [1.807, 2.05) is 0 Å². The fourth-order valence-electron chi connectivity index (χ4n) is 3.11. The van der Waals surface area contributed by atoms with E-state index < -0.39 is 35.4 Å². The molecule has 2 nitrogen and oxygen atoms in total. The molecule has 174 valence electrons. The second-order valence-corrected chi connectivity index (χ2v) is 7.12. The van der Waals surface area contributed by atoms with E-state index in [2.05, 4.69) is 9.72 Å². The maximum Gasteiger partial charge on any atom is 0.573 e. The SMILES string of the molecule is CCC(F)=C(F)c1ccc(-c2ccc(CCc3cc(F)c(OC(F)(F)F)c(F)c3)nc2)cc1. The van der Waals surface area contributed by atoms with Gasteiger partial charge in [0.25, 0.3) is 0 Å². The van der Waals surface area contributed by atoms with E-state index in [9.17, 15) is 30.7 Å². The second-order valence-electron chi connectivity index (χ2n) is 7.12. The van der Waals surface area contributed by atoms with Gasteiger partial charge >= 0.3 is 6.36 Å². The molecule has 0 N–H and O–H groups in total. The predicted octanol–water partition coefficient (Wildman–Crippen LogP) is 7.73. The molecule has 0 unspecified atom stereocenters. The molecule has 3 rings (SSSR count). The molecule has 0 saturated carbocycles. The van der Waals surface area contributed by atoms with Crippen molar-refractivity contribution in [3.8, 4) is 16.9 Å². The first kappa shape index (κ1) is 24.3. The third-order valence-corrected chi connectivity index (χ3v) is 4.79. The Labute approximate surface area is 185 Å². The summed E-state index contributed by atoms with van der Waals surface area (Å²) in [5.41, 5.74) is 2.32. The van der Waals surface area contributed by atoms with E-state index in [1.54, 1.807) is 30.5 Å². The molecule has 0 atom stereocenters. The van der Waals surface area contributed by atoms with Gasteiger partial charge in [-0.1, -0.05) is 37.3 Å². The Morgan fingerprint density at radius 1 is 0.879 bits per heavy atom. The van der Waals surface area contributed by atoms with Crippen LogP contribution in [0.2, 0.25) is 0 Å². The van der Waals surface area contributed by atoms with Crippen LogP contribution in [0.1, 0.15) is 30.2 Å². The Hall–Kier alpha value is -3.36. The van der Waals surface area contributed by atoms with Crippen molar-refractivity contribution in [1.82, 2.24) is 4.98 Å². The van der Waals surface area contributed by atoms with Crippen LogP contribution in [0.15, 0.2) is 60.6 Å². The molecule has 33 heavy (non-hydrogen) atoms. The summed E-state index contributed by atoms with van der Waals surface area (Å²) in [5.74, 6) is -6.11. The van der Waals surface area contributed by atoms with Crippen molar-refractivity contribution in [3.63, 3.8) is 0 Å². The number of pyridine rings is 1. The molecule has 0 saturated heterocycles. The fraction of sp³-hybridized carbons (Fsp3) is 0.208. The van der Waals surface area contributed by atoms with Crippen LogP contribution in [0, 0.1) is 11.6 Å². The van der Waals surface area contributed by atoms with Gasteiger partial charge in [-0.2, -0.15) is 0 Å². The van der Waals surface area contributed by atoms with Crippen molar-refractivity contribution in [1.29, 1.82) is 0 Å². The third-order valence-electron chi connectivity index (χ3n) is 4.79. The number of benzene rings is 2. The molecule has 0 bridgehead atoms. The second kappa shape index (κ2) is 10.1. The third kappa shape index (κ3) is 6.34. The monoisotopic (exact) mass is 469 g/mol. The lowest BCUT2D eigenvalue weighted by molar-refractivity contribution is -0.276. The maximum absolute atomic E-state index is 13.9. The van der Waals surface area contributed by atoms with E-state index in [-0.39, 0.29) is 30.4 Å². The first-order chi connectivity index (χ1) is 15.6. The van der Waals surface area contributed by atoms with E-state index in [4.69, 9.17) is 0 Å². The normalized spacial score (nSPS) is 12.5. The Morgan fingerprint density at radius 3 is 2.00 bits per heavy atom. The summed E-state index contributed by atoms with van der Waals surface area (Å²) < 4.78 is 95.0. The van der Waals surface area contributed by atoms with E-state index in [0.29, 0.717) is 5.69 Å². The number of nitrogens with zero attached hydrogens (tertiary/aromatic N) is 1. The summed E-state index contributed by atoms with van der Waals surface area (Å²) in [6.07, 6.45) is -3.26. The van der Waals surface area contributed by atoms with E-state index in [0.717, 1.165) is 23.3 Å². The molecule has 0 fully saturated rings. The Morgan fingerprint density at radius 2 is 1.48 bits per heavy atom. The number of halogens is 7. The number of aryl methyl sites for hydroxylation is 2. The molecule has 1 heterocycles. The van der Waals surface area contributed by atoms with Crippen LogP contribution in [-0.2, 0) is 12.8 Å². The maximum atomic E-state index is 13.9. The predicted molar refractivity (Wildman–Crippen MR) is 110 cm³/mol. The molecule has 0 aliphatic carbocycles. The zero-order valence-corrected chi connectivity index (χ0v) is 17.3. The Balaban J connectivity index is 1.67. The first-order valence-corrected chi connectivity index (χ1v) is 9.91. The van der Waals surface area contributed by atoms with Gasteiger partial charge < -0.3 is 4.74 Å². The van der Waals surface area contributed by atoms with Gasteiger partial charge in [0, 0.05) is 23.0 Å². The number of ether oxygens (including phenoxy) is 1. The minimum Gasteiger partial charge on any atom is -0.399 e. The molecular formula is C24H18F7NO. The summed E-state index contributed by atoms with van der Waals surface area (Å²) in [5, 5.41) is 0. The van der Waals surface area contributed by atoms with Crippen LogP contribution in [0.5, 0.6) is 5.75 Å². The highest BCUT2D eigenvalue weighted by atomic mass is 19.4. The van der Waals surface area contributed by atoms with Crippen LogP contribution in [0.25, 0.3) is 17.0 Å². The molecule has 1 aromatic heterocycles. The van der Waals surface area contributed by atoms with Crippen LogP contribution in [0.3, 0.4) is 0 Å². The molecule has 0 amide bonds. The van der Waals surface area contributed by atoms with Crippen LogP contribution in [-0.4, -0.2) is 11.3 Å². The lowest BCUT2D eigenvalue weighted by atomic mass is 10.0. The molecule has 0 spiro atoms. The lowest BCUT2D eigenvalue weighted by Gasteiger charge is -2.12. The van der Waals surface area contributed by atoms with Crippen molar-refractivity contribution < 1.29 is 35.5 Å². The standard InChI is InChI=1S/C24H18F7NO/c1-2-19(25)22(28)16-6-4-15(5-7-16)17-8-10-18(32-13-17)9-3-14-11-20(26)23(21(27)12-14)33-24(29,30)31/h4-8,10-13H,2-3,9H2,1H3. The van der Waals surface area contributed by atoms with Crippen molar-refractivity contribution in [2.45, 2.75) is 32.5 Å². The van der Waals surface area contributed by atoms with Crippen molar-refractivity contribution in [2.24, 2.45) is 0 Å². The topological polar surface area (TPSA) is 22.1 Å². The fourth-order valence-corrected chi connectivity index (χ4v) is 3.11. The largest absolute Gasteiger partial charge is 0.573 e. The number of rotatable bonds is 7. The molecule has 9 heteroatoms. The number of allylic oxidation sites excluding steroid dienone is 1. The van der Waals surface area contributed by atoms with Crippen molar-refractivity contribution in [2.75, 3.05) is 0 Å². The molecular weight excluding hydrogens is 451 g/mol. The van der Waals surface area contributed by atoms with Gasteiger partial charge in [-0.15, -0.1) is 13.2 Å². The quantitative estimate of drug-likeness (QED) is 0.331. The average molecular weight is 469 g/mol. The summed E-state index contributed by atoms with van der Waals surface area (Å²) in [7, 11) is 0. The highest BCUT2D eigenvalue weighted by molar-refractivity contribution is 5.68. The number of hydrogen-bond acceptors (Lipinski definition) is 2. The van der Waals surface area contributed by atoms with Gasteiger partial charge in [-0.05, 0) is 48.6 Å². The Kier molecular flexibility index (Phi) is 7.40. The van der Waals surface area contributed by atoms with Gasteiger partial charge in [-0.25, -0.2) is 17.6 Å². The van der Waals surface area contributed by atoms with Gasteiger partial charge in [0.1, 0.15) is 5.83 Å². The summed E-state index contributed by atoms with van der Waals surface area (Å²) in [4.78, 5) is 4.28. The molecule has 0 radical (unpaired) electrons. The van der Waals surface area contributed by atoms with Gasteiger partial charge in [0.2, 0.25) is 5.75 Å². The van der Waals surface area contributed by atoms with Crippen LogP contribution < -0.4 is 4.74 Å². The zero-order valence-electron chi connectivity index (χ0n) is 17.3. The van der Waals surface area contributed by atoms with Crippen molar-refractivity contribution in [3.05, 3.63) is 89.0 Å². The minimum absolute atomic E-state index is 0.0380.